The molecular weight excluding hydrogens is 364 g/mol. The van der Waals surface area contributed by atoms with Crippen LogP contribution in [0.4, 0.5) is 8.78 Å². The Morgan fingerprint density at radius 2 is 1.71 bits per heavy atom. The molecular formula is C10H6B2F2N4O4S2. The third kappa shape index (κ3) is 2.02. The van der Waals surface area contributed by atoms with E-state index in [1.165, 1.54) is 0 Å². The third-order valence-corrected chi connectivity index (χ3v) is 5.01. The summed E-state index contributed by atoms with van der Waals surface area (Å²) in [6.45, 7) is 0. The molecule has 122 valence electrons. The maximum absolute atomic E-state index is 15.0. The molecule has 0 amide bonds. The van der Waals surface area contributed by atoms with Gasteiger partial charge in [0.1, 0.15) is 22.7 Å². The fraction of sp³-hybridized carbons (Fsp3) is 0.100. The topological polar surface area (TPSA) is 131 Å². The summed E-state index contributed by atoms with van der Waals surface area (Å²) in [5.41, 5.74) is -1.88. The number of nitrogens with zero attached hydrogens (tertiary/aromatic N) is 3. The van der Waals surface area contributed by atoms with Gasteiger partial charge in [-0.05, 0) is 0 Å². The van der Waals surface area contributed by atoms with Crippen molar-refractivity contribution in [1.29, 1.82) is 0 Å². The highest BCUT2D eigenvalue weighted by molar-refractivity contribution is 7.96. The van der Waals surface area contributed by atoms with Gasteiger partial charge in [0.15, 0.2) is 0 Å². The number of halogens is 2. The van der Waals surface area contributed by atoms with E-state index >= 15 is 0 Å². The number of hydrogen-bond acceptors (Lipinski definition) is 10. The van der Waals surface area contributed by atoms with E-state index in [4.69, 9.17) is 0 Å². The summed E-state index contributed by atoms with van der Waals surface area (Å²) in [5, 5.41) is 38.0. The summed E-state index contributed by atoms with van der Waals surface area (Å²) < 4.78 is 44.2. The fourth-order valence-corrected chi connectivity index (χ4v) is 4.12. The number of hydrogen-bond donors (Lipinski definition) is 5. The van der Waals surface area contributed by atoms with Gasteiger partial charge in [-0.2, -0.15) is 8.75 Å². The van der Waals surface area contributed by atoms with Crippen LogP contribution in [0.25, 0.3) is 16.9 Å². The molecule has 0 saturated carbocycles. The Balaban J connectivity index is 2.19. The molecule has 1 unspecified atom stereocenters. The lowest BCUT2D eigenvalue weighted by molar-refractivity contribution is 0.414. The minimum atomic E-state index is -2.18. The molecule has 0 saturated heterocycles. The molecule has 2 aromatic rings. The molecule has 1 aromatic heterocycles. The molecule has 2 heterocycles. The van der Waals surface area contributed by atoms with Crippen LogP contribution in [0.15, 0.2) is 9.87 Å². The molecule has 24 heavy (non-hydrogen) atoms. The maximum atomic E-state index is 15.0. The SMILES string of the molecule is OB(O)C1=C(F)c2c(c(F)c(B(O)O)c3nsnc23)C2=NSNC21. The maximum Gasteiger partial charge on any atom is 0.493 e. The van der Waals surface area contributed by atoms with Crippen LogP contribution < -0.4 is 10.2 Å². The Morgan fingerprint density at radius 3 is 2.38 bits per heavy atom. The number of fused-ring (bicyclic) bond motifs is 5. The Morgan fingerprint density at radius 1 is 1.00 bits per heavy atom. The van der Waals surface area contributed by atoms with Gasteiger partial charge in [0.2, 0.25) is 0 Å². The number of aromatic nitrogens is 2. The molecule has 4 rings (SSSR count). The first-order valence-corrected chi connectivity index (χ1v) is 8.03. The standard InChI is InChI=1S/C10H6B2F2N4O4S2/c13-5-1-2(8-10(18-24-16-8)3(5)11(19)20)6(14)4(12(21)22)9-7(1)15-23-17-9/h9,17,19-22H. The lowest BCUT2D eigenvalue weighted by Crippen LogP contribution is -2.43. The van der Waals surface area contributed by atoms with E-state index in [0.717, 1.165) is 12.1 Å². The van der Waals surface area contributed by atoms with E-state index in [2.05, 4.69) is 17.9 Å². The average molecular weight is 370 g/mol. The summed E-state index contributed by atoms with van der Waals surface area (Å²) in [6.07, 6.45) is 0. The first-order chi connectivity index (χ1) is 11.4. The van der Waals surface area contributed by atoms with E-state index < -0.39 is 42.9 Å². The van der Waals surface area contributed by atoms with Crippen molar-refractivity contribution in [2.75, 3.05) is 0 Å². The Labute approximate surface area is 141 Å². The highest BCUT2D eigenvalue weighted by Gasteiger charge is 2.45. The molecule has 1 aromatic carbocycles. The van der Waals surface area contributed by atoms with Crippen LogP contribution in [0, 0.1) is 5.82 Å². The molecule has 0 bridgehead atoms. The van der Waals surface area contributed by atoms with E-state index in [1.54, 1.807) is 0 Å². The van der Waals surface area contributed by atoms with Crippen molar-refractivity contribution in [2.45, 2.75) is 6.04 Å². The average Bonchev–Trinajstić information content (AvgIpc) is 3.14. The van der Waals surface area contributed by atoms with E-state index in [-0.39, 0.29) is 27.9 Å². The van der Waals surface area contributed by atoms with Gasteiger partial charge < -0.3 is 20.1 Å². The fourth-order valence-electron chi connectivity index (χ4n) is 2.86. The zero-order valence-electron chi connectivity index (χ0n) is 11.4. The van der Waals surface area contributed by atoms with Crippen molar-refractivity contribution >= 4 is 66.1 Å². The molecule has 1 aliphatic carbocycles. The van der Waals surface area contributed by atoms with Gasteiger partial charge in [-0.25, -0.2) is 17.9 Å². The van der Waals surface area contributed by atoms with Crippen molar-refractivity contribution in [1.82, 2.24) is 13.5 Å². The normalized spacial score (nSPS) is 19.4. The first kappa shape index (κ1) is 16.1. The summed E-state index contributed by atoms with van der Waals surface area (Å²) in [4.78, 5) is 0. The smallest absolute Gasteiger partial charge is 0.423 e. The highest BCUT2D eigenvalue weighted by Crippen LogP contribution is 2.41. The van der Waals surface area contributed by atoms with Gasteiger partial charge in [0.25, 0.3) is 0 Å². The Kier molecular flexibility index (Phi) is 3.72. The lowest BCUT2D eigenvalue weighted by atomic mass is 9.66. The lowest BCUT2D eigenvalue weighted by Gasteiger charge is -2.26. The van der Waals surface area contributed by atoms with Crippen LogP contribution in [0.5, 0.6) is 0 Å². The second-order valence-electron chi connectivity index (χ2n) is 5.07. The van der Waals surface area contributed by atoms with E-state index in [0.29, 0.717) is 11.7 Å². The zero-order chi connectivity index (χ0) is 17.2. The van der Waals surface area contributed by atoms with Gasteiger partial charge in [0, 0.05) is 16.5 Å². The quantitative estimate of drug-likeness (QED) is 0.320. The first-order valence-electron chi connectivity index (χ1n) is 6.53. The van der Waals surface area contributed by atoms with Crippen LogP contribution in [0.1, 0.15) is 11.1 Å². The molecule has 0 spiro atoms. The van der Waals surface area contributed by atoms with Gasteiger partial charge in [-0.3, -0.25) is 0 Å². The minimum absolute atomic E-state index is 0.00815. The van der Waals surface area contributed by atoms with E-state index in [1.807, 2.05) is 0 Å². The predicted octanol–water partition coefficient (Wildman–Crippen LogP) is -1.46. The number of rotatable bonds is 2. The molecule has 8 nitrogen and oxygen atoms in total. The van der Waals surface area contributed by atoms with Crippen molar-refractivity contribution in [3.05, 3.63) is 22.4 Å². The van der Waals surface area contributed by atoms with Crippen LogP contribution in [-0.2, 0) is 0 Å². The minimum Gasteiger partial charge on any atom is -0.423 e. The second kappa shape index (κ2) is 5.56. The molecule has 0 radical (unpaired) electrons. The summed E-state index contributed by atoms with van der Waals surface area (Å²) >= 11 is 1.43. The van der Waals surface area contributed by atoms with Gasteiger partial charge in [-0.15, -0.1) is 0 Å². The van der Waals surface area contributed by atoms with Gasteiger partial charge >= 0.3 is 14.2 Å². The monoisotopic (exact) mass is 370 g/mol. The second-order valence-corrected chi connectivity index (χ2v) is 6.20. The van der Waals surface area contributed by atoms with Crippen molar-refractivity contribution in [3.8, 4) is 0 Å². The molecule has 1 aliphatic heterocycles. The van der Waals surface area contributed by atoms with Crippen LogP contribution >= 0.6 is 23.9 Å². The molecule has 1 atom stereocenters. The van der Waals surface area contributed by atoms with Gasteiger partial charge in [-0.1, -0.05) is 0 Å². The molecule has 2 aliphatic rings. The van der Waals surface area contributed by atoms with Crippen LogP contribution in [0.2, 0.25) is 0 Å². The zero-order valence-corrected chi connectivity index (χ0v) is 13.1. The highest BCUT2D eigenvalue weighted by atomic mass is 32.2. The van der Waals surface area contributed by atoms with Crippen molar-refractivity contribution < 1.29 is 28.9 Å². The van der Waals surface area contributed by atoms with Crippen LogP contribution in [0.3, 0.4) is 0 Å². The predicted molar refractivity (Wildman–Crippen MR) is 86.5 cm³/mol. The summed E-state index contributed by atoms with van der Waals surface area (Å²) in [7, 11) is -4.31. The Bertz CT molecular complexity index is 935. The third-order valence-electron chi connectivity index (χ3n) is 3.85. The van der Waals surface area contributed by atoms with Crippen LogP contribution in [-0.4, -0.2) is 54.8 Å². The summed E-state index contributed by atoms with van der Waals surface area (Å²) in [5.74, 6) is -2.15. The van der Waals surface area contributed by atoms with Gasteiger partial charge in [0.05, 0.1) is 41.2 Å². The van der Waals surface area contributed by atoms with Crippen molar-refractivity contribution in [2.24, 2.45) is 4.40 Å². The number of nitrogens with one attached hydrogen (secondary N) is 1. The van der Waals surface area contributed by atoms with E-state index in [9.17, 15) is 28.9 Å². The molecule has 0 fully saturated rings. The Hall–Kier alpha value is -1.41. The summed E-state index contributed by atoms with van der Waals surface area (Å²) in [6, 6.07) is -1.07. The molecule has 14 heteroatoms. The number of benzene rings is 1. The molecule has 5 N–H and O–H groups in total. The largest absolute Gasteiger partial charge is 0.493 e. The van der Waals surface area contributed by atoms with Crippen molar-refractivity contribution in [3.63, 3.8) is 0 Å².